The van der Waals surface area contributed by atoms with Crippen LogP contribution in [0.15, 0.2) is 28.7 Å². The molecule has 0 saturated carbocycles. The summed E-state index contributed by atoms with van der Waals surface area (Å²) in [5, 5.41) is 6.25. The number of hydrogen-bond acceptors (Lipinski definition) is 2. The van der Waals surface area contributed by atoms with Gasteiger partial charge in [-0.3, -0.25) is 4.79 Å². The molecule has 1 aliphatic rings. The predicted octanol–water partition coefficient (Wildman–Crippen LogP) is 1.60. The first-order valence-corrected chi connectivity index (χ1v) is 5.80. The molecule has 1 atom stereocenters. The van der Waals surface area contributed by atoms with E-state index in [1.807, 2.05) is 24.3 Å². The summed E-state index contributed by atoms with van der Waals surface area (Å²) < 4.78 is 1.04. The third-order valence-corrected chi connectivity index (χ3v) is 2.96. The highest BCUT2D eigenvalue weighted by Gasteiger charge is 2.17. The molecular weight excluding hydrogens is 256 g/mol. The van der Waals surface area contributed by atoms with E-state index in [4.69, 9.17) is 0 Å². The Bertz CT molecular complexity index is 367. The van der Waals surface area contributed by atoms with Gasteiger partial charge in [0, 0.05) is 24.0 Å². The zero-order valence-electron chi connectivity index (χ0n) is 8.29. The maximum atomic E-state index is 11.4. The third kappa shape index (κ3) is 2.79. The molecule has 2 rings (SSSR count). The lowest BCUT2D eigenvalue weighted by molar-refractivity contribution is -0.121. The zero-order chi connectivity index (χ0) is 10.7. The normalized spacial score (nSPS) is 21.9. The van der Waals surface area contributed by atoms with E-state index in [0.29, 0.717) is 6.42 Å². The van der Waals surface area contributed by atoms with E-state index in [9.17, 15) is 4.79 Å². The van der Waals surface area contributed by atoms with Crippen molar-refractivity contribution >= 4 is 21.8 Å². The summed E-state index contributed by atoms with van der Waals surface area (Å²) in [5.74, 6) is 0.116. The Morgan fingerprint density at radius 2 is 2.27 bits per heavy atom. The molecule has 15 heavy (non-hydrogen) atoms. The molecular formula is C11H13BrN2O. The van der Waals surface area contributed by atoms with Crippen molar-refractivity contribution in [1.82, 2.24) is 10.6 Å². The molecule has 3 nitrogen and oxygen atoms in total. The van der Waals surface area contributed by atoms with Gasteiger partial charge in [-0.15, -0.1) is 0 Å². The van der Waals surface area contributed by atoms with Crippen LogP contribution >= 0.6 is 15.9 Å². The first-order valence-electron chi connectivity index (χ1n) is 5.01. The molecule has 4 heteroatoms. The molecule has 0 bridgehead atoms. The highest BCUT2D eigenvalue weighted by atomic mass is 79.9. The van der Waals surface area contributed by atoms with Gasteiger partial charge in [0.2, 0.25) is 5.91 Å². The third-order valence-electron chi connectivity index (χ3n) is 2.46. The van der Waals surface area contributed by atoms with E-state index >= 15 is 0 Å². The zero-order valence-corrected chi connectivity index (χ0v) is 9.88. The van der Waals surface area contributed by atoms with Crippen molar-refractivity contribution in [2.45, 2.75) is 12.5 Å². The summed E-state index contributed by atoms with van der Waals surface area (Å²) in [4.78, 5) is 11.4. The largest absolute Gasteiger partial charge is 0.348 e. The van der Waals surface area contributed by atoms with Crippen molar-refractivity contribution in [2.24, 2.45) is 0 Å². The summed E-state index contributed by atoms with van der Waals surface area (Å²) in [5.41, 5.74) is 1.13. The van der Waals surface area contributed by atoms with Crippen LogP contribution in [-0.4, -0.2) is 19.0 Å². The number of nitrogens with one attached hydrogen (secondary N) is 2. The lowest BCUT2D eigenvalue weighted by Gasteiger charge is -2.16. The lowest BCUT2D eigenvalue weighted by Crippen LogP contribution is -2.30. The van der Waals surface area contributed by atoms with E-state index in [1.165, 1.54) is 0 Å². The molecule has 1 fully saturated rings. The molecule has 0 aliphatic carbocycles. The van der Waals surface area contributed by atoms with Crippen LogP contribution in [0.25, 0.3) is 0 Å². The van der Waals surface area contributed by atoms with Crippen molar-refractivity contribution in [3.8, 4) is 0 Å². The number of carbonyl (C=O) groups is 1. The standard InChI is InChI=1S/C11H13BrN2O/c12-9-3-1-2-8(6-9)10-7-13-5-4-11(15)14-10/h1-3,6,10,13H,4-5,7H2,(H,14,15). The van der Waals surface area contributed by atoms with Crippen LogP contribution in [0.1, 0.15) is 18.0 Å². The molecule has 1 saturated heterocycles. The fourth-order valence-corrected chi connectivity index (χ4v) is 2.11. The van der Waals surface area contributed by atoms with Gasteiger partial charge in [-0.05, 0) is 17.7 Å². The predicted molar refractivity (Wildman–Crippen MR) is 62.5 cm³/mol. The Balaban J connectivity index is 2.18. The van der Waals surface area contributed by atoms with Crippen molar-refractivity contribution in [3.63, 3.8) is 0 Å². The summed E-state index contributed by atoms with van der Waals surface area (Å²) in [6.45, 7) is 1.55. The van der Waals surface area contributed by atoms with Gasteiger partial charge in [-0.2, -0.15) is 0 Å². The van der Waals surface area contributed by atoms with Crippen molar-refractivity contribution in [2.75, 3.05) is 13.1 Å². The lowest BCUT2D eigenvalue weighted by atomic mass is 10.1. The van der Waals surface area contributed by atoms with E-state index in [2.05, 4.69) is 26.6 Å². The fraction of sp³-hybridized carbons (Fsp3) is 0.364. The van der Waals surface area contributed by atoms with Crippen molar-refractivity contribution < 1.29 is 4.79 Å². The number of rotatable bonds is 1. The summed E-state index contributed by atoms with van der Waals surface area (Å²) >= 11 is 3.43. The Hall–Kier alpha value is -0.870. The second kappa shape index (κ2) is 4.77. The maximum Gasteiger partial charge on any atom is 0.221 e. The van der Waals surface area contributed by atoms with Crippen LogP contribution in [0.2, 0.25) is 0 Å². The number of hydrogen-bond donors (Lipinski definition) is 2. The van der Waals surface area contributed by atoms with Gasteiger partial charge in [0.05, 0.1) is 6.04 Å². The van der Waals surface area contributed by atoms with Crippen LogP contribution in [0, 0.1) is 0 Å². The van der Waals surface area contributed by atoms with Crippen LogP contribution in [0.4, 0.5) is 0 Å². The first-order chi connectivity index (χ1) is 7.25. The average Bonchev–Trinajstić information content (AvgIpc) is 2.43. The molecule has 0 aromatic heterocycles. The molecule has 1 unspecified atom stereocenters. The highest BCUT2D eigenvalue weighted by molar-refractivity contribution is 9.10. The van der Waals surface area contributed by atoms with E-state index < -0.39 is 0 Å². The van der Waals surface area contributed by atoms with E-state index in [0.717, 1.165) is 23.1 Å². The molecule has 1 aliphatic heterocycles. The quantitative estimate of drug-likeness (QED) is 0.813. The van der Waals surface area contributed by atoms with Crippen LogP contribution < -0.4 is 10.6 Å². The molecule has 80 valence electrons. The number of amides is 1. The topological polar surface area (TPSA) is 41.1 Å². The van der Waals surface area contributed by atoms with Crippen LogP contribution in [-0.2, 0) is 4.79 Å². The minimum absolute atomic E-state index is 0.0810. The van der Waals surface area contributed by atoms with Crippen molar-refractivity contribution in [1.29, 1.82) is 0 Å². The minimum Gasteiger partial charge on any atom is -0.348 e. The van der Waals surface area contributed by atoms with E-state index in [-0.39, 0.29) is 11.9 Å². The highest BCUT2D eigenvalue weighted by Crippen LogP contribution is 2.18. The SMILES string of the molecule is O=C1CCNCC(c2cccc(Br)c2)N1. The monoisotopic (exact) mass is 268 g/mol. The van der Waals surface area contributed by atoms with Crippen LogP contribution in [0.3, 0.4) is 0 Å². The minimum atomic E-state index is 0.0810. The smallest absolute Gasteiger partial charge is 0.221 e. The van der Waals surface area contributed by atoms with Gasteiger partial charge < -0.3 is 10.6 Å². The van der Waals surface area contributed by atoms with Gasteiger partial charge in [-0.1, -0.05) is 28.1 Å². The van der Waals surface area contributed by atoms with Gasteiger partial charge in [-0.25, -0.2) is 0 Å². The summed E-state index contributed by atoms with van der Waals surface area (Å²) in [6.07, 6.45) is 0.560. The summed E-state index contributed by atoms with van der Waals surface area (Å²) in [6, 6.07) is 8.12. The Labute approximate surface area is 97.4 Å². The molecule has 1 aromatic rings. The Kier molecular flexibility index (Phi) is 3.38. The molecule has 1 amide bonds. The van der Waals surface area contributed by atoms with Gasteiger partial charge in [0.25, 0.3) is 0 Å². The van der Waals surface area contributed by atoms with Crippen LogP contribution in [0.5, 0.6) is 0 Å². The average molecular weight is 269 g/mol. The summed E-state index contributed by atoms with van der Waals surface area (Å²) in [7, 11) is 0. The second-order valence-corrected chi connectivity index (χ2v) is 4.54. The van der Waals surface area contributed by atoms with Crippen molar-refractivity contribution in [3.05, 3.63) is 34.3 Å². The molecule has 0 spiro atoms. The van der Waals surface area contributed by atoms with E-state index in [1.54, 1.807) is 0 Å². The molecule has 1 aromatic carbocycles. The molecule has 0 radical (unpaired) electrons. The first kappa shape index (κ1) is 10.6. The van der Waals surface area contributed by atoms with Gasteiger partial charge in [0.1, 0.15) is 0 Å². The number of benzene rings is 1. The molecule has 2 N–H and O–H groups in total. The fourth-order valence-electron chi connectivity index (χ4n) is 1.69. The number of carbonyl (C=O) groups excluding carboxylic acids is 1. The van der Waals surface area contributed by atoms with Gasteiger partial charge >= 0.3 is 0 Å². The maximum absolute atomic E-state index is 11.4. The second-order valence-electron chi connectivity index (χ2n) is 3.63. The van der Waals surface area contributed by atoms with Gasteiger partial charge in [0.15, 0.2) is 0 Å². The molecule has 1 heterocycles. The Morgan fingerprint density at radius 3 is 3.07 bits per heavy atom. The number of halogens is 1. The Morgan fingerprint density at radius 1 is 1.40 bits per heavy atom.